The van der Waals surface area contributed by atoms with Crippen molar-refractivity contribution in [3.8, 4) is 11.5 Å². The zero-order valence-electron chi connectivity index (χ0n) is 19.4. The number of carbonyl (C=O) groups excluding carboxylic acids is 2. The monoisotopic (exact) mass is 482 g/mol. The number of Topliss-reactive ketones (excluding diaryl/α,β-unsaturated/α-hetero) is 1. The summed E-state index contributed by atoms with van der Waals surface area (Å²) in [5.74, 6) is -0.00633. The third-order valence-electron chi connectivity index (χ3n) is 6.11. The molecule has 0 unspecified atom stereocenters. The highest BCUT2D eigenvalue weighted by atomic mass is 35.5. The quantitative estimate of drug-likeness (QED) is 0.596. The first-order chi connectivity index (χ1) is 16.4. The van der Waals surface area contributed by atoms with Gasteiger partial charge in [0.05, 0.1) is 32.3 Å². The Bertz CT molecular complexity index is 1190. The average Bonchev–Trinajstić information content (AvgIpc) is 2.84. The Morgan fingerprint density at radius 2 is 1.79 bits per heavy atom. The van der Waals surface area contributed by atoms with E-state index >= 15 is 0 Å². The minimum atomic E-state index is -0.690. The van der Waals surface area contributed by atoms with Gasteiger partial charge in [0, 0.05) is 28.4 Å². The molecule has 1 atom stereocenters. The molecule has 0 amide bonds. The van der Waals surface area contributed by atoms with Crippen molar-refractivity contribution >= 4 is 29.0 Å². The molecule has 1 heterocycles. The fourth-order valence-electron chi connectivity index (χ4n) is 4.65. The number of ether oxygens (including phenoxy) is 3. The van der Waals surface area contributed by atoms with Crippen LogP contribution in [-0.2, 0) is 14.3 Å². The van der Waals surface area contributed by atoms with Crippen LogP contribution in [0.15, 0.2) is 65.1 Å². The van der Waals surface area contributed by atoms with E-state index in [1.807, 2.05) is 18.2 Å². The van der Waals surface area contributed by atoms with E-state index in [1.54, 1.807) is 43.2 Å². The van der Waals surface area contributed by atoms with E-state index in [1.165, 1.54) is 7.11 Å². The van der Waals surface area contributed by atoms with E-state index in [0.29, 0.717) is 46.9 Å². The molecule has 2 aromatic rings. The third-order valence-corrected chi connectivity index (χ3v) is 6.37. The van der Waals surface area contributed by atoms with Gasteiger partial charge in [-0.05, 0) is 61.7 Å². The number of benzene rings is 2. The molecule has 2 aromatic carbocycles. The van der Waals surface area contributed by atoms with Crippen molar-refractivity contribution in [3.05, 3.63) is 75.7 Å². The molecule has 0 saturated carbocycles. The minimum absolute atomic E-state index is 0.0192. The molecule has 0 radical (unpaired) electrons. The summed E-state index contributed by atoms with van der Waals surface area (Å²) in [5.41, 5.74) is 9.67. The highest BCUT2D eigenvalue weighted by Crippen LogP contribution is 2.48. The van der Waals surface area contributed by atoms with Gasteiger partial charge in [-0.25, -0.2) is 4.79 Å². The lowest BCUT2D eigenvalue weighted by Crippen LogP contribution is -2.41. The predicted molar refractivity (Wildman–Crippen MR) is 130 cm³/mol. The second-order valence-corrected chi connectivity index (χ2v) is 8.45. The molecule has 1 aliphatic carbocycles. The summed E-state index contributed by atoms with van der Waals surface area (Å²) in [4.78, 5) is 28.4. The molecular weight excluding hydrogens is 456 g/mol. The Morgan fingerprint density at radius 1 is 1.09 bits per heavy atom. The van der Waals surface area contributed by atoms with Crippen LogP contribution in [0.1, 0.15) is 37.7 Å². The molecule has 178 valence electrons. The number of ketones is 1. The van der Waals surface area contributed by atoms with E-state index in [9.17, 15) is 9.59 Å². The second kappa shape index (κ2) is 9.81. The first-order valence-corrected chi connectivity index (χ1v) is 11.5. The number of carbonyl (C=O) groups is 2. The Balaban J connectivity index is 1.99. The number of halogens is 1. The Hall–Kier alpha value is -3.45. The maximum atomic E-state index is 13.4. The lowest BCUT2D eigenvalue weighted by atomic mass is 9.75. The molecule has 7 nitrogen and oxygen atoms in total. The maximum Gasteiger partial charge on any atom is 0.338 e. The molecule has 0 spiro atoms. The van der Waals surface area contributed by atoms with Gasteiger partial charge in [0.15, 0.2) is 17.3 Å². The molecule has 4 rings (SSSR count). The summed E-state index contributed by atoms with van der Waals surface area (Å²) in [6.45, 7) is 1.91. The molecule has 1 aliphatic heterocycles. The largest absolute Gasteiger partial charge is 0.493 e. The van der Waals surface area contributed by atoms with Crippen LogP contribution in [-0.4, -0.2) is 32.6 Å². The van der Waals surface area contributed by atoms with E-state index < -0.39 is 11.9 Å². The van der Waals surface area contributed by atoms with E-state index in [-0.39, 0.29) is 23.8 Å². The second-order valence-electron chi connectivity index (χ2n) is 8.02. The highest BCUT2D eigenvalue weighted by molar-refractivity contribution is 6.30. The van der Waals surface area contributed by atoms with Crippen LogP contribution in [0.5, 0.6) is 11.5 Å². The van der Waals surface area contributed by atoms with Crippen molar-refractivity contribution < 1.29 is 23.8 Å². The summed E-state index contributed by atoms with van der Waals surface area (Å²) in [7, 11) is 3.09. The van der Waals surface area contributed by atoms with Gasteiger partial charge in [-0.3, -0.25) is 9.69 Å². The van der Waals surface area contributed by atoms with E-state index in [4.69, 9.17) is 31.5 Å². The molecule has 2 N–H and O–H groups in total. The highest BCUT2D eigenvalue weighted by Gasteiger charge is 2.43. The van der Waals surface area contributed by atoms with Crippen LogP contribution in [0.2, 0.25) is 5.02 Å². The van der Waals surface area contributed by atoms with Crippen molar-refractivity contribution in [3.63, 3.8) is 0 Å². The standard InChI is InChI=1S/C26H27ClN2O5/c1-4-34-26(31)24-22(15-8-13-20(32-2)21(14-15)33-3)23-18(6-5-7-19(23)30)29(25(24)28)17-11-9-16(27)10-12-17/h8-14,22H,4-7,28H2,1-3H3/t22-/m0/s1. The molecule has 34 heavy (non-hydrogen) atoms. The third kappa shape index (κ3) is 4.12. The first kappa shape index (κ1) is 23.7. The van der Waals surface area contributed by atoms with Crippen molar-refractivity contribution in [2.24, 2.45) is 5.73 Å². The summed E-state index contributed by atoms with van der Waals surface area (Å²) >= 11 is 6.10. The van der Waals surface area contributed by atoms with E-state index in [0.717, 1.165) is 11.4 Å². The van der Waals surface area contributed by atoms with Crippen LogP contribution in [0.4, 0.5) is 5.69 Å². The van der Waals surface area contributed by atoms with Gasteiger partial charge in [-0.1, -0.05) is 17.7 Å². The number of methoxy groups -OCH3 is 2. The Labute approximate surface area is 203 Å². The summed E-state index contributed by atoms with van der Waals surface area (Å²) in [6.07, 6.45) is 1.74. The van der Waals surface area contributed by atoms with Crippen molar-refractivity contribution in [1.29, 1.82) is 0 Å². The van der Waals surface area contributed by atoms with Gasteiger partial charge in [0.2, 0.25) is 0 Å². The number of hydrogen-bond acceptors (Lipinski definition) is 7. The fraction of sp³-hybridized carbons (Fsp3) is 0.308. The number of esters is 1. The van der Waals surface area contributed by atoms with Gasteiger partial charge < -0.3 is 19.9 Å². The van der Waals surface area contributed by atoms with Crippen molar-refractivity contribution in [1.82, 2.24) is 0 Å². The molecule has 0 fully saturated rings. The van der Waals surface area contributed by atoms with Gasteiger partial charge in [0.1, 0.15) is 5.82 Å². The van der Waals surface area contributed by atoms with Crippen LogP contribution in [0.25, 0.3) is 0 Å². The topological polar surface area (TPSA) is 91.1 Å². The number of nitrogens with zero attached hydrogens (tertiary/aromatic N) is 1. The summed E-state index contributed by atoms with van der Waals surface area (Å²) < 4.78 is 16.3. The zero-order chi connectivity index (χ0) is 24.4. The zero-order valence-corrected chi connectivity index (χ0v) is 20.1. The molecular formula is C26H27ClN2O5. The van der Waals surface area contributed by atoms with Crippen molar-refractivity contribution in [2.45, 2.75) is 32.1 Å². The van der Waals surface area contributed by atoms with Crippen LogP contribution < -0.4 is 20.1 Å². The van der Waals surface area contributed by atoms with Crippen molar-refractivity contribution in [2.75, 3.05) is 25.7 Å². The fourth-order valence-corrected chi connectivity index (χ4v) is 4.77. The van der Waals surface area contributed by atoms with E-state index in [2.05, 4.69) is 0 Å². The van der Waals surface area contributed by atoms with Gasteiger partial charge in [-0.15, -0.1) is 0 Å². The minimum Gasteiger partial charge on any atom is -0.493 e. The lowest BCUT2D eigenvalue weighted by Gasteiger charge is -2.40. The lowest BCUT2D eigenvalue weighted by molar-refractivity contribution is -0.138. The number of allylic oxidation sites excluding steroid dienone is 2. The average molecular weight is 483 g/mol. The van der Waals surface area contributed by atoms with Crippen LogP contribution >= 0.6 is 11.6 Å². The maximum absolute atomic E-state index is 13.4. The summed E-state index contributed by atoms with van der Waals surface area (Å²) in [5, 5.41) is 0.575. The Kier molecular flexibility index (Phi) is 6.84. The van der Waals surface area contributed by atoms with Gasteiger partial charge in [0.25, 0.3) is 0 Å². The molecule has 0 saturated heterocycles. The predicted octanol–water partition coefficient (Wildman–Crippen LogP) is 4.70. The molecule has 2 aliphatic rings. The SMILES string of the molecule is CCOC(=O)C1=C(N)N(c2ccc(Cl)cc2)C2=C(C(=O)CCC2)[C@@H]1c1ccc(OC)c(OC)c1. The van der Waals surface area contributed by atoms with Gasteiger partial charge >= 0.3 is 5.97 Å². The number of anilines is 1. The first-order valence-electron chi connectivity index (χ1n) is 11.1. The number of rotatable bonds is 6. The van der Waals surface area contributed by atoms with Crippen LogP contribution in [0, 0.1) is 0 Å². The smallest absolute Gasteiger partial charge is 0.338 e. The molecule has 0 bridgehead atoms. The number of nitrogens with two attached hydrogens (primary N) is 1. The van der Waals surface area contributed by atoms with Crippen LogP contribution in [0.3, 0.4) is 0 Å². The molecule has 0 aromatic heterocycles. The molecule has 8 heteroatoms. The number of hydrogen-bond donors (Lipinski definition) is 1. The summed E-state index contributed by atoms with van der Waals surface area (Å²) in [6, 6.07) is 12.5. The Morgan fingerprint density at radius 3 is 2.44 bits per heavy atom. The van der Waals surface area contributed by atoms with Gasteiger partial charge in [-0.2, -0.15) is 0 Å². The normalized spacial score (nSPS) is 18.1.